The van der Waals surface area contributed by atoms with E-state index in [1.807, 2.05) is 24.3 Å². The summed E-state index contributed by atoms with van der Waals surface area (Å²) in [5.74, 6) is 4.85. The summed E-state index contributed by atoms with van der Waals surface area (Å²) in [7, 11) is 9.26. The summed E-state index contributed by atoms with van der Waals surface area (Å²) in [4.78, 5) is 0. The molecule has 0 saturated heterocycles. The van der Waals surface area contributed by atoms with Crippen LogP contribution in [0.15, 0.2) is 267 Å². The summed E-state index contributed by atoms with van der Waals surface area (Å²) in [6.07, 6.45) is 0. The second-order valence-corrected chi connectivity index (χ2v) is 31.6. The zero-order chi connectivity index (χ0) is 67.2. The molecule has 12 rings (SSSR count). The highest BCUT2D eigenvalue weighted by Crippen LogP contribution is 2.56. The first kappa shape index (κ1) is 68.2. The van der Waals surface area contributed by atoms with Crippen LogP contribution in [0, 0.1) is 27.7 Å². The molecule has 12 aromatic carbocycles. The first-order chi connectivity index (χ1) is 47.0. The Morgan fingerprint density at radius 2 is 0.417 bits per heavy atom. The van der Waals surface area contributed by atoms with Crippen LogP contribution < -0.4 is 102 Å². The molecule has 0 unspecified atom stereocenters. The molecule has 12 heteroatoms. The van der Waals surface area contributed by atoms with Crippen LogP contribution >= 0.6 is 31.7 Å². The van der Waals surface area contributed by atoms with Crippen LogP contribution in [0.1, 0.15) is 22.3 Å². The highest BCUT2D eigenvalue weighted by Gasteiger charge is 2.37. The minimum atomic E-state index is -1.17. The molecule has 0 aliphatic rings. The molecule has 8 nitrogen and oxygen atoms in total. The largest absolute Gasteiger partial charge is 0.496 e. The molecule has 0 saturated carbocycles. The quantitative estimate of drug-likeness (QED) is 0.0622. The maximum atomic E-state index is 6.39. The van der Waals surface area contributed by atoms with Gasteiger partial charge in [-0.3, -0.25) is 0 Å². The van der Waals surface area contributed by atoms with Gasteiger partial charge in [-0.1, -0.05) is 265 Å². The van der Waals surface area contributed by atoms with E-state index in [9.17, 15) is 0 Å². The number of rotatable bonds is 22. The number of hydrogen-bond acceptors (Lipinski definition) is 8. The molecule has 0 aromatic heterocycles. The van der Waals surface area contributed by atoms with E-state index in [-0.39, 0.29) is 0 Å². The van der Waals surface area contributed by atoms with Crippen molar-refractivity contribution in [2.45, 2.75) is 27.7 Å². The molecule has 0 bridgehead atoms. The van der Waals surface area contributed by atoms with Gasteiger partial charge < -0.3 is 37.9 Å². The summed E-state index contributed by atoms with van der Waals surface area (Å²) in [5, 5.41) is 14.4. The third-order valence-corrected chi connectivity index (χ3v) is 26.7. The van der Waals surface area contributed by atoms with Gasteiger partial charge >= 0.3 is 0 Å². The first-order valence-electron chi connectivity index (χ1n) is 31.7. The molecule has 484 valence electrons. The van der Waals surface area contributed by atoms with Crippen molar-refractivity contribution in [2.24, 2.45) is 0 Å². The van der Waals surface area contributed by atoms with E-state index in [0.717, 1.165) is 44.4 Å². The molecule has 0 aliphatic carbocycles. The minimum absolute atomic E-state index is 0.483. The van der Waals surface area contributed by atoms with Crippen molar-refractivity contribution in [2.75, 3.05) is 56.9 Å². The third-order valence-electron chi connectivity index (χ3n) is 16.8. The van der Waals surface area contributed by atoms with Crippen LogP contribution in [0.4, 0.5) is 0 Å². The van der Waals surface area contributed by atoms with Gasteiger partial charge in [0.2, 0.25) is 11.5 Å². The molecule has 0 N–H and O–H groups in total. The van der Waals surface area contributed by atoms with E-state index in [2.05, 4.69) is 270 Å². The molecule has 0 heterocycles. The van der Waals surface area contributed by atoms with Crippen molar-refractivity contribution in [3.05, 3.63) is 289 Å². The molecule has 0 aliphatic heterocycles. The number of methoxy groups -OCH3 is 8. The number of aryl methyl sites for hydroxylation is 4. The molecule has 96 heavy (non-hydrogen) atoms. The van der Waals surface area contributed by atoms with Crippen LogP contribution in [-0.2, 0) is 0 Å². The van der Waals surface area contributed by atoms with Gasteiger partial charge in [0, 0.05) is 32.9 Å². The van der Waals surface area contributed by atoms with E-state index in [4.69, 9.17) is 37.9 Å². The molecule has 0 amide bonds. The first-order valence-corrected chi connectivity index (χ1v) is 37.0. The predicted octanol–water partition coefficient (Wildman–Crippen LogP) is 15.0. The fourth-order valence-corrected chi connectivity index (χ4v) is 22.0. The van der Waals surface area contributed by atoms with Gasteiger partial charge in [-0.15, -0.1) is 0 Å². The Labute approximate surface area is 571 Å². The maximum absolute atomic E-state index is 6.39. The van der Waals surface area contributed by atoms with E-state index in [1.165, 1.54) is 75.3 Å². The van der Waals surface area contributed by atoms with Gasteiger partial charge in [-0.25, -0.2) is 0 Å². The SMILES string of the molecule is COc1cc(P(c2ccccc2)c2ccccc2)c(-c2c(P(c3ccccc3)c3ccccc3)cc(OC)c(OC)c2OC)c(OC)c1OC.COc1cccc(P(c2ccc(C)cc2)c2ccc(C)cc2)c1-c1c(OC)cccc1P(c1ccc(C)cc1)c1ccc(C)cc1. The van der Waals surface area contributed by atoms with Crippen LogP contribution in [0.5, 0.6) is 46.0 Å². The van der Waals surface area contributed by atoms with E-state index >= 15 is 0 Å². The van der Waals surface area contributed by atoms with E-state index in [0.29, 0.717) is 34.5 Å². The second kappa shape index (κ2) is 32.0. The standard InChI is InChI=1S/C42H40O6P2.C42H40O2P2/c1-43-33-27-35(49(29-19-11-7-12-20-29)30-21-13-8-14-22-30)37(41(47-5)39(33)45-3)38-36(28-34(44-2)40(46-4)42(38)48-6)50(31-23-15-9-16-24-31)32-25-17-10-18-26-32;1-29-13-21-33(22-14-29)45(34-23-15-30(2)16-24-34)39-11-7-9-37(43-5)41(39)42-38(44-6)10-8-12-40(42)46(35-25-17-31(3)18-26-35)36-27-19-32(4)20-28-36/h7-28H,1-6H3;7-28H,1-6H3. The monoisotopic (exact) mass is 1340 g/mol. The molecule has 0 fully saturated rings. The van der Waals surface area contributed by atoms with Gasteiger partial charge in [0.15, 0.2) is 23.0 Å². The average molecular weight is 1340 g/mol. The molecule has 0 atom stereocenters. The molecular weight excluding hydrogens is 1260 g/mol. The van der Waals surface area contributed by atoms with Crippen LogP contribution in [0.25, 0.3) is 22.3 Å². The van der Waals surface area contributed by atoms with Gasteiger partial charge in [-0.05, 0) is 137 Å². The van der Waals surface area contributed by atoms with Crippen LogP contribution in [0.2, 0.25) is 0 Å². The zero-order valence-electron chi connectivity index (χ0n) is 56.5. The molecule has 12 aromatic rings. The Bertz CT molecular complexity index is 4080. The van der Waals surface area contributed by atoms with Crippen LogP contribution in [-0.4, -0.2) is 56.9 Å². The lowest BCUT2D eigenvalue weighted by Crippen LogP contribution is -2.27. The lowest BCUT2D eigenvalue weighted by atomic mass is 10.0. The van der Waals surface area contributed by atoms with Crippen molar-refractivity contribution in [1.82, 2.24) is 0 Å². The fraction of sp³-hybridized carbons (Fsp3) is 0.143. The third kappa shape index (κ3) is 14.5. The van der Waals surface area contributed by atoms with Gasteiger partial charge in [0.1, 0.15) is 11.5 Å². The Morgan fingerprint density at radius 1 is 0.188 bits per heavy atom. The predicted molar refractivity (Wildman–Crippen MR) is 410 cm³/mol. The smallest absolute Gasteiger partial charge is 0.203 e. The van der Waals surface area contributed by atoms with Crippen molar-refractivity contribution >= 4 is 95.3 Å². The highest BCUT2D eigenvalue weighted by atomic mass is 31.1. The fourth-order valence-electron chi connectivity index (χ4n) is 12.2. The van der Waals surface area contributed by atoms with Gasteiger partial charge in [0.25, 0.3) is 0 Å². The average Bonchev–Trinajstić information content (AvgIpc) is 0.736. The summed E-state index contributed by atoms with van der Waals surface area (Å²) in [6.45, 7) is 8.59. The molecular formula is C84H80O8P4. The summed E-state index contributed by atoms with van der Waals surface area (Å²) < 4.78 is 49.4. The van der Waals surface area contributed by atoms with Crippen molar-refractivity contribution in [3.8, 4) is 68.2 Å². The van der Waals surface area contributed by atoms with E-state index < -0.39 is 31.7 Å². The zero-order valence-corrected chi connectivity index (χ0v) is 60.0. The number of hydrogen-bond donors (Lipinski definition) is 0. The Kier molecular flexibility index (Phi) is 22.7. The van der Waals surface area contributed by atoms with Crippen molar-refractivity contribution < 1.29 is 37.9 Å². The summed E-state index contributed by atoms with van der Waals surface area (Å²) in [6, 6.07) is 95.6. The maximum Gasteiger partial charge on any atom is 0.203 e. The normalized spacial score (nSPS) is 11.1. The summed E-state index contributed by atoms with van der Waals surface area (Å²) >= 11 is 0. The Morgan fingerprint density at radius 3 is 0.646 bits per heavy atom. The Balaban J connectivity index is 0.000000196. The number of benzene rings is 12. The minimum Gasteiger partial charge on any atom is -0.496 e. The van der Waals surface area contributed by atoms with Crippen LogP contribution in [0.3, 0.4) is 0 Å². The van der Waals surface area contributed by atoms with E-state index in [1.54, 1.807) is 56.9 Å². The lowest BCUT2D eigenvalue weighted by Gasteiger charge is -2.30. The second-order valence-electron chi connectivity index (χ2n) is 22.8. The summed E-state index contributed by atoms with van der Waals surface area (Å²) in [5.41, 5.74) is 8.86. The van der Waals surface area contributed by atoms with Crippen molar-refractivity contribution in [3.63, 3.8) is 0 Å². The van der Waals surface area contributed by atoms with Crippen molar-refractivity contribution in [1.29, 1.82) is 0 Å². The molecule has 0 radical (unpaired) electrons. The number of ether oxygens (including phenoxy) is 8. The molecule has 0 spiro atoms. The van der Waals surface area contributed by atoms with Gasteiger partial charge in [0.05, 0.1) is 56.9 Å². The highest BCUT2D eigenvalue weighted by molar-refractivity contribution is 7.81. The topological polar surface area (TPSA) is 73.8 Å². The van der Waals surface area contributed by atoms with Gasteiger partial charge in [-0.2, -0.15) is 0 Å². The lowest BCUT2D eigenvalue weighted by molar-refractivity contribution is 0.323. The Hall–Kier alpha value is -9.24.